The Labute approximate surface area is 160 Å². The highest BCUT2D eigenvalue weighted by atomic mass is 35.5. The lowest BCUT2D eigenvalue weighted by molar-refractivity contribution is 0.422. The van der Waals surface area contributed by atoms with Crippen molar-refractivity contribution in [3.63, 3.8) is 0 Å². The molecule has 0 radical (unpaired) electrons. The third-order valence-corrected chi connectivity index (χ3v) is 5.60. The molecule has 0 fully saturated rings. The molecular weight excluding hydrogens is 362 g/mol. The van der Waals surface area contributed by atoms with E-state index in [0.717, 1.165) is 33.0 Å². The van der Waals surface area contributed by atoms with E-state index in [1.54, 1.807) is 6.07 Å². The fourth-order valence-electron chi connectivity index (χ4n) is 3.81. The van der Waals surface area contributed by atoms with E-state index in [9.17, 15) is 4.79 Å². The average Bonchev–Trinajstić information content (AvgIpc) is 2.63. The second kappa shape index (κ2) is 5.57. The third kappa shape index (κ3) is 2.30. The maximum atomic E-state index is 12.7. The smallest absolute Gasteiger partial charge is 0.343 e. The van der Waals surface area contributed by atoms with Crippen LogP contribution in [-0.2, 0) is 0 Å². The number of rotatable bonds is 0. The Morgan fingerprint density at radius 3 is 2.48 bits per heavy atom. The number of hydrogen-bond donors (Lipinski definition) is 0. The molecule has 0 bridgehead atoms. The molecule has 134 valence electrons. The van der Waals surface area contributed by atoms with E-state index in [2.05, 4.69) is 4.98 Å². The van der Waals surface area contributed by atoms with Gasteiger partial charge in [-0.3, -0.25) is 0 Å². The summed E-state index contributed by atoms with van der Waals surface area (Å²) < 4.78 is 11.7. The minimum atomic E-state index is -0.403. The first kappa shape index (κ1) is 16.3. The molecular formula is C22H16ClNO3. The SMILES string of the molecule is Cc1ccc2nc3c(c(Cl)c2c1)C(C)c1c(c2cc(C)ccc2oc1=O)O3. The number of benzene rings is 2. The van der Waals surface area contributed by atoms with Crippen molar-refractivity contribution in [1.29, 1.82) is 0 Å². The quantitative estimate of drug-likeness (QED) is 0.360. The lowest BCUT2D eigenvalue weighted by atomic mass is 9.90. The van der Waals surface area contributed by atoms with Gasteiger partial charge in [0.1, 0.15) is 5.58 Å². The fourth-order valence-corrected chi connectivity index (χ4v) is 4.21. The number of hydrogen-bond acceptors (Lipinski definition) is 4. The highest BCUT2D eigenvalue weighted by Crippen LogP contribution is 2.48. The summed E-state index contributed by atoms with van der Waals surface area (Å²) in [6.45, 7) is 5.93. The van der Waals surface area contributed by atoms with Crippen LogP contribution in [-0.4, -0.2) is 4.98 Å². The van der Waals surface area contributed by atoms with Crippen LogP contribution >= 0.6 is 11.6 Å². The molecule has 3 heterocycles. The van der Waals surface area contributed by atoms with Crippen molar-refractivity contribution < 1.29 is 9.15 Å². The van der Waals surface area contributed by atoms with Gasteiger partial charge in [0.25, 0.3) is 0 Å². The van der Waals surface area contributed by atoms with Crippen molar-refractivity contribution in [2.24, 2.45) is 0 Å². The van der Waals surface area contributed by atoms with Crippen molar-refractivity contribution in [3.05, 3.63) is 74.1 Å². The van der Waals surface area contributed by atoms with Crippen LogP contribution in [0.15, 0.2) is 45.6 Å². The summed E-state index contributed by atoms with van der Waals surface area (Å²) in [5, 5.41) is 2.19. The van der Waals surface area contributed by atoms with Crippen LogP contribution in [0.3, 0.4) is 0 Å². The molecule has 5 rings (SSSR count). The fraction of sp³-hybridized carbons (Fsp3) is 0.182. The highest BCUT2D eigenvalue weighted by Gasteiger charge is 2.33. The van der Waals surface area contributed by atoms with E-state index >= 15 is 0 Å². The molecule has 1 unspecified atom stereocenters. The zero-order chi connectivity index (χ0) is 18.9. The van der Waals surface area contributed by atoms with Crippen LogP contribution in [0.25, 0.3) is 21.9 Å². The van der Waals surface area contributed by atoms with Gasteiger partial charge >= 0.3 is 5.63 Å². The standard InChI is InChI=1S/C22H16ClNO3/c1-10-4-6-15-13(8-10)19(23)17-12(3)18-20(27-21(17)24-15)14-9-11(2)5-7-16(14)26-22(18)25/h4-9,12H,1-3H3. The third-order valence-electron chi connectivity index (χ3n) is 5.19. The molecule has 2 aromatic carbocycles. The first-order valence-corrected chi connectivity index (χ1v) is 9.17. The molecule has 1 aliphatic rings. The molecule has 4 aromatic rings. The van der Waals surface area contributed by atoms with Crippen LogP contribution in [0.5, 0.6) is 11.6 Å². The lowest BCUT2D eigenvalue weighted by Gasteiger charge is -2.26. The van der Waals surface area contributed by atoms with Gasteiger partial charge in [-0.05, 0) is 38.1 Å². The molecule has 0 spiro atoms. The van der Waals surface area contributed by atoms with E-state index in [-0.39, 0.29) is 5.92 Å². The number of halogens is 1. The van der Waals surface area contributed by atoms with Crippen molar-refractivity contribution in [3.8, 4) is 11.6 Å². The number of aromatic nitrogens is 1. The molecule has 0 aliphatic carbocycles. The zero-order valence-electron chi connectivity index (χ0n) is 15.1. The number of ether oxygens (including phenoxy) is 1. The molecule has 2 aromatic heterocycles. The minimum absolute atomic E-state index is 0.283. The first-order chi connectivity index (χ1) is 12.9. The van der Waals surface area contributed by atoms with Crippen LogP contribution in [0.2, 0.25) is 5.02 Å². The van der Waals surface area contributed by atoms with Gasteiger partial charge in [0.05, 0.1) is 21.5 Å². The van der Waals surface area contributed by atoms with Gasteiger partial charge < -0.3 is 9.15 Å². The highest BCUT2D eigenvalue weighted by molar-refractivity contribution is 6.36. The van der Waals surface area contributed by atoms with Crippen molar-refractivity contribution in [2.75, 3.05) is 0 Å². The molecule has 0 N–H and O–H groups in total. The summed E-state index contributed by atoms with van der Waals surface area (Å²) in [7, 11) is 0. The predicted molar refractivity (Wildman–Crippen MR) is 106 cm³/mol. The van der Waals surface area contributed by atoms with Crippen molar-refractivity contribution in [1.82, 2.24) is 4.98 Å². The summed E-state index contributed by atoms with van der Waals surface area (Å²) in [6, 6.07) is 11.6. The Morgan fingerprint density at radius 2 is 1.70 bits per heavy atom. The zero-order valence-corrected chi connectivity index (χ0v) is 15.8. The minimum Gasteiger partial charge on any atom is -0.437 e. The molecule has 1 aliphatic heterocycles. The Kier molecular flexibility index (Phi) is 3.37. The maximum absolute atomic E-state index is 12.7. The monoisotopic (exact) mass is 377 g/mol. The summed E-state index contributed by atoms with van der Waals surface area (Å²) in [4.78, 5) is 17.4. The van der Waals surface area contributed by atoms with Crippen LogP contribution in [0.1, 0.15) is 35.1 Å². The average molecular weight is 378 g/mol. The molecule has 27 heavy (non-hydrogen) atoms. The van der Waals surface area contributed by atoms with E-state index < -0.39 is 5.63 Å². The van der Waals surface area contributed by atoms with Crippen molar-refractivity contribution >= 4 is 33.5 Å². The summed E-state index contributed by atoms with van der Waals surface area (Å²) in [5.41, 5.74) is 4.22. The summed E-state index contributed by atoms with van der Waals surface area (Å²) in [5.74, 6) is 0.680. The van der Waals surface area contributed by atoms with E-state index in [1.807, 2.05) is 51.1 Å². The van der Waals surface area contributed by atoms with Crippen LogP contribution in [0.4, 0.5) is 0 Å². The Morgan fingerprint density at radius 1 is 1.00 bits per heavy atom. The van der Waals surface area contributed by atoms with E-state index in [0.29, 0.717) is 27.8 Å². The lowest BCUT2D eigenvalue weighted by Crippen LogP contribution is -2.19. The number of fused-ring (bicyclic) bond motifs is 5. The second-order valence-corrected chi connectivity index (χ2v) is 7.50. The molecule has 4 nitrogen and oxygen atoms in total. The van der Waals surface area contributed by atoms with E-state index in [1.165, 1.54) is 0 Å². The van der Waals surface area contributed by atoms with Crippen LogP contribution < -0.4 is 10.4 Å². The van der Waals surface area contributed by atoms with Crippen LogP contribution in [0, 0.1) is 13.8 Å². The molecule has 0 saturated heterocycles. The van der Waals surface area contributed by atoms with Gasteiger partial charge in [0.15, 0.2) is 5.75 Å². The Bertz CT molecular complexity index is 1320. The van der Waals surface area contributed by atoms with Gasteiger partial charge in [-0.15, -0.1) is 0 Å². The first-order valence-electron chi connectivity index (χ1n) is 8.79. The van der Waals surface area contributed by atoms with Gasteiger partial charge in [0.2, 0.25) is 5.88 Å². The van der Waals surface area contributed by atoms with Gasteiger partial charge in [0, 0.05) is 16.9 Å². The predicted octanol–water partition coefficient (Wildman–Crippen LogP) is 5.87. The topological polar surface area (TPSA) is 52.3 Å². The Hall–Kier alpha value is -2.85. The largest absolute Gasteiger partial charge is 0.437 e. The van der Waals surface area contributed by atoms with Gasteiger partial charge in [-0.2, -0.15) is 0 Å². The summed E-state index contributed by atoms with van der Waals surface area (Å²) in [6.07, 6.45) is 0. The molecule has 1 atom stereocenters. The second-order valence-electron chi connectivity index (χ2n) is 7.12. The van der Waals surface area contributed by atoms with Crippen molar-refractivity contribution in [2.45, 2.75) is 26.7 Å². The van der Waals surface area contributed by atoms with Gasteiger partial charge in [-0.1, -0.05) is 41.8 Å². The normalized spacial score (nSPS) is 15.5. The number of aryl methyl sites for hydroxylation is 2. The molecule has 5 heteroatoms. The summed E-state index contributed by atoms with van der Waals surface area (Å²) >= 11 is 6.74. The van der Waals surface area contributed by atoms with E-state index in [4.69, 9.17) is 20.8 Å². The maximum Gasteiger partial charge on any atom is 0.343 e. The Balaban J connectivity index is 1.86. The molecule has 0 amide bonds. The molecule has 0 saturated carbocycles. The number of nitrogens with zero attached hydrogens (tertiary/aromatic N) is 1. The van der Waals surface area contributed by atoms with Gasteiger partial charge in [-0.25, -0.2) is 9.78 Å². The number of pyridine rings is 1.